The van der Waals surface area contributed by atoms with Crippen molar-refractivity contribution in [2.24, 2.45) is 4.99 Å². The minimum Gasteiger partial charge on any atom is -0.493 e. The summed E-state index contributed by atoms with van der Waals surface area (Å²) >= 11 is 1.89. The predicted octanol–water partition coefficient (Wildman–Crippen LogP) is 2.61. The first-order valence-corrected chi connectivity index (χ1v) is 10.3. The van der Waals surface area contributed by atoms with Crippen molar-refractivity contribution < 1.29 is 9.47 Å². The smallest absolute Gasteiger partial charge is 0.191 e. The van der Waals surface area contributed by atoms with Crippen molar-refractivity contribution in [3.8, 4) is 11.5 Å². The van der Waals surface area contributed by atoms with Crippen molar-refractivity contribution in [1.82, 2.24) is 15.5 Å². The fraction of sp³-hybridized carbons (Fsp3) is 0.632. The number of rotatable bonds is 11. The number of nitrogens with one attached hydrogen (secondary N) is 2. The molecule has 0 aromatic heterocycles. The normalized spacial score (nSPS) is 12.8. The van der Waals surface area contributed by atoms with Gasteiger partial charge in [-0.2, -0.15) is 11.8 Å². The Balaban J connectivity index is 2.67. The van der Waals surface area contributed by atoms with E-state index in [9.17, 15) is 0 Å². The Labute approximate surface area is 162 Å². The molecule has 148 valence electrons. The van der Waals surface area contributed by atoms with Crippen LogP contribution in [0.15, 0.2) is 23.2 Å². The molecule has 1 atom stereocenters. The zero-order chi connectivity index (χ0) is 19.4. The molecular formula is C19H34N4O2S. The molecule has 26 heavy (non-hydrogen) atoms. The fourth-order valence-corrected chi connectivity index (χ4v) is 3.14. The van der Waals surface area contributed by atoms with Gasteiger partial charge in [0, 0.05) is 20.1 Å². The molecule has 0 saturated carbocycles. The molecule has 0 amide bonds. The van der Waals surface area contributed by atoms with Crippen LogP contribution in [0.2, 0.25) is 0 Å². The van der Waals surface area contributed by atoms with Crippen LogP contribution in [0.25, 0.3) is 0 Å². The molecule has 0 fully saturated rings. The third-order valence-electron chi connectivity index (χ3n) is 4.17. The number of aliphatic imine (C=N–C) groups is 1. The molecule has 0 bridgehead atoms. The van der Waals surface area contributed by atoms with E-state index in [-0.39, 0.29) is 6.04 Å². The van der Waals surface area contributed by atoms with E-state index in [4.69, 9.17) is 9.47 Å². The van der Waals surface area contributed by atoms with Crippen LogP contribution >= 0.6 is 11.8 Å². The molecule has 0 radical (unpaired) electrons. The summed E-state index contributed by atoms with van der Waals surface area (Å²) in [4.78, 5) is 6.50. The van der Waals surface area contributed by atoms with Crippen LogP contribution in [0.3, 0.4) is 0 Å². The second-order valence-electron chi connectivity index (χ2n) is 6.17. The van der Waals surface area contributed by atoms with Gasteiger partial charge in [0.05, 0.1) is 20.3 Å². The van der Waals surface area contributed by atoms with E-state index >= 15 is 0 Å². The first-order chi connectivity index (χ1) is 12.6. The standard InChI is InChI=1S/C19H34N4O2S/c1-20-19(21-11-7-8-12-26-6)22-14-16(23(2)3)15-9-10-17(24-4)18(13-15)25-5/h9-10,13,16H,7-8,11-12,14H2,1-6H3,(H2,20,21,22). The minimum absolute atomic E-state index is 0.185. The van der Waals surface area contributed by atoms with Gasteiger partial charge in [-0.15, -0.1) is 0 Å². The quantitative estimate of drug-likeness (QED) is 0.349. The minimum atomic E-state index is 0.185. The molecule has 0 aliphatic heterocycles. The molecule has 0 aliphatic rings. The Bertz CT molecular complexity index is 552. The molecule has 2 N–H and O–H groups in total. The summed E-state index contributed by atoms with van der Waals surface area (Å²) in [6.45, 7) is 1.68. The van der Waals surface area contributed by atoms with E-state index in [1.165, 1.54) is 12.2 Å². The zero-order valence-electron chi connectivity index (χ0n) is 17.0. The Kier molecular flexibility index (Phi) is 11.0. The number of hydrogen-bond acceptors (Lipinski definition) is 5. The van der Waals surface area contributed by atoms with Crippen molar-refractivity contribution in [3.63, 3.8) is 0 Å². The molecule has 0 heterocycles. The van der Waals surface area contributed by atoms with Crippen LogP contribution in [0.4, 0.5) is 0 Å². The molecule has 0 spiro atoms. The van der Waals surface area contributed by atoms with Crippen LogP contribution in [0.1, 0.15) is 24.4 Å². The maximum absolute atomic E-state index is 5.44. The summed E-state index contributed by atoms with van der Waals surface area (Å²) in [7, 11) is 9.26. The number of nitrogens with zero attached hydrogens (tertiary/aromatic N) is 2. The highest BCUT2D eigenvalue weighted by atomic mass is 32.2. The highest BCUT2D eigenvalue weighted by molar-refractivity contribution is 7.98. The highest BCUT2D eigenvalue weighted by Gasteiger charge is 2.17. The van der Waals surface area contributed by atoms with Crippen LogP contribution < -0.4 is 20.1 Å². The fourth-order valence-electron chi connectivity index (χ4n) is 2.65. The van der Waals surface area contributed by atoms with Gasteiger partial charge in [0.25, 0.3) is 0 Å². The number of unbranched alkanes of at least 4 members (excludes halogenated alkanes) is 1. The van der Waals surface area contributed by atoms with E-state index in [0.717, 1.165) is 42.5 Å². The van der Waals surface area contributed by atoms with E-state index in [1.807, 2.05) is 23.9 Å². The predicted molar refractivity (Wildman–Crippen MR) is 113 cm³/mol. The molecule has 0 aliphatic carbocycles. The topological polar surface area (TPSA) is 58.1 Å². The van der Waals surface area contributed by atoms with Gasteiger partial charge in [-0.3, -0.25) is 4.99 Å². The Hall–Kier alpha value is -1.60. The summed E-state index contributed by atoms with van der Waals surface area (Å²) in [5.74, 6) is 3.52. The Morgan fingerprint density at radius 3 is 2.46 bits per heavy atom. The van der Waals surface area contributed by atoms with Gasteiger partial charge in [-0.05, 0) is 56.6 Å². The molecule has 6 nitrogen and oxygen atoms in total. The summed E-state index contributed by atoms with van der Waals surface area (Å²) in [6, 6.07) is 6.24. The van der Waals surface area contributed by atoms with Crippen molar-refractivity contribution in [3.05, 3.63) is 23.8 Å². The van der Waals surface area contributed by atoms with E-state index in [2.05, 4.69) is 46.9 Å². The molecular weight excluding hydrogens is 348 g/mol. The van der Waals surface area contributed by atoms with Crippen LogP contribution in [0, 0.1) is 0 Å². The molecule has 1 unspecified atom stereocenters. The van der Waals surface area contributed by atoms with Crippen molar-refractivity contribution in [2.75, 3.05) is 60.5 Å². The summed E-state index contributed by atoms with van der Waals surface area (Å²) in [6.07, 6.45) is 4.51. The summed E-state index contributed by atoms with van der Waals surface area (Å²) in [5.41, 5.74) is 1.16. The molecule has 1 rings (SSSR count). The lowest BCUT2D eigenvalue weighted by atomic mass is 10.1. The number of likely N-dealkylation sites (N-methyl/N-ethyl adjacent to an activating group) is 1. The number of thioether (sulfide) groups is 1. The first-order valence-electron chi connectivity index (χ1n) is 8.89. The second-order valence-corrected chi connectivity index (χ2v) is 7.16. The van der Waals surface area contributed by atoms with Gasteiger partial charge in [0.1, 0.15) is 0 Å². The maximum Gasteiger partial charge on any atom is 0.191 e. The van der Waals surface area contributed by atoms with E-state index in [1.54, 1.807) is 21.3 Å². The largest absolute Gasteiger partial charge is 0.493 e. The zero-order valence-corrected chi connectivity index (χ0v) is 17.8. The first kappa shape index (κ1) is 22.4. The average Bonchev–Trinajstić information content (AvgIpc) is 2.65. The lowest BCUT2D eigenvalue weighted by Gasteiger charge is -2.26. The lowest BCUT2D eigenvalue weighted by molar-refractivity contribution is 0.295. The number of guanidine groups is 1. The monoisotopic (exact) mass is 382 g/mol. The van der Waals surface area contributed by atoms with Gasteiger partial charge in [-0.25, -0.2) is 0 Å². The highest BCUT2D eigenvalue weighted by Crippen LogP contribution is 2.31. The second kappa shape index (κ2) is 12.7. The Morgan fingerprint density at radius 1 is 1.15 bits per heavy atom. The summed E-state index contributed by atoms with van der Waals surface area (Å²) in [5, 5.41) is 6.81. The molecule has 1 aromatic carbocycles. The van der Waals surface area contributed by atoms with Crippen molar-refractivity contribution in [2.45, 2.75) is 18.9 Å². The number of benzene rings is 1. The Morgan fingerprint density at radius 2 is 1.88 bits per heavy atom. The van der Waals surface area contributed by atoms with Gasteiger partial charge in [0.15, 0.2) is 17.5 Å². The third-order valence-corrected chi connectivity index (χ3v) is 4.87. The van der Waals surface area contributed by atoms with Gasteiger partial charge in [0.2, 0.25) is 0 Å². The van der Waals surface area contributed by atoms with Crippen LogP contribution in [0.5, 0.6) is 11.5 Å². The van der Waals surface area contributed by atoms with Crippen LogP contribution in [-0.4, -0.2) is 71.3 Å². The molecule has 7 heteroatoms. The van der Waals surface area contributed by atoms with Crippen LogP contribution in [-0.2, 0) is 0 Å². The average molecular weight is 383 g/mol. The maximum atomic E-state index is 5.44. The van der Waals surface area contributed by atoms with Gasteiger partial charge < -0.3 is 25.0 Å². The number of ether oxygens (including phenoxy) is 2. The van der Waals surface area contributed by atoms with Crippen molar-refractivity contribution >= 4 is 17.7 Å². The van der Waals surface area contributed by atoms with Gasteiger partial charge in [-0.1, -0.05) is 6.07 Å². The third kappa shape index (κ3) is 7.33. The van der Waals surface area contributed by atoms with E-state index in [0.29, 0.717) is 0 Å². The summed E-state index contributed by atoms with van der Waals surface area (Å²) < 4.78 is 10.8. The number of hydrogen-bond donors (Lipinski definition) is 2. The lowest BCUT2D eigenvalue weighted by Crippen LogP contribution is -2.42. The molecule has 1 aromatic rings. The molecule has 0 saturated heterocycles. The van der Waals surface area contributed by atoms with Crippen molar-refractivity contribution in [1.29, 1.82) is 0 Å². The number of methoxy groups -OCH3 is 2. The van der Waals surface area contributed by atoms with E-state index < -0.39 is 0 Å². The van der Waals surface area contributed by atoms with Gasteiger partial charge >= 0.3 is 0 Å². The SMILES string of the molecule is CN=C(NCCCCSC)NCC(c1ccc(OC)c(OC)c1)N(C)C.